The summed E-state index contributed by atoms with van der Waals surface area (Å²) in [5.41, 5.74) is -0.727. The molecule has 2 amide bonds. The van der Waals surface area contributed by atoms with Crippen molar-refractivity contribution >= 4 is 6.03 Å². The van der Waals surface area contributed by atoms with E-state index >= 15 is 0 Å². The molecule has 0 spiro atoms. The summed E-state index contributed by atoms with van der Waals surface area (Å²) in [4.78, 5) is 11.4. The molecular weight excluding hydrogens is 263 g/mol. The molecule has 0 heterocycles. The highest BCUT2D eigenvalue weighted by Crippen LogP contribution is 2.30. The summed E-state index contributed by atoms with van der Waals surface area (Å²) in [6.07, 6.45) is 2.47. The summed E-state index contributed by atoms with van der Waals surface area (Å²) in [7, 11) is 0. The smallest absolute Gasteiger partial charge is 0.315 e. The van der Waals surface area contributed by atoms with Gasteiger partial charge >= 0.3 is 6.03 Å². The van der Waals surface area contributed by atoms with E-state index in [1.807, 2.05) is 0 Å². The van der Waals surface area contributed by atoms with Crippen LogP contribution in [-0.2, 0) is 0 Å². The third kappa shape index (κ3) is 4.38. The highest BCUT2D eigenvalue weighted by molar-refractivity contribution is 5.73. The fourth-order valence-corrected chi connectivity index (χ4v) is 1.96. The molecule has 1 fully saturated rings. The van der Waals surface area contributed by atoms with Crippen LogP contribution in [0.3, 0.4) is 0 Å². The molecule has 1 aromatic carbocycles. The first-order valence-corrected chi connectivity index (χ1v) is 6.70. The van der Waals surface area contributed by atoms with Crippen molar-refractivity contribution in [3.8, 4) is 5.75 Å². The highest BCUT2D eigenvalue weighted by atomic mass is 19.1. The van der Waals surface area contributed by atoms with Crippen LogP contribution in [0, 0.1) is 5.82 Å². The molecule has 5 nitrogen and oxygen atoms in total. The number of benzene rings is 1. The zero-order valence-electron chi connectivity index (χ0n) is 11.2. The van der Waals surface area contributed by atoms with Crippen LogP contribution in [0.1, 0.15) is 19.3 Å². The fourth-order valence-electron chi connectivity index (χ4n) is 1.96. The molecule has 1 aliphatic carbocycles. The van der Waals surface area contributed by atoms with Gasteiger partial charge in [-0.25, -0.2) is 9.18 Å². The predicted octanol–water partition coefficient (Wildman–Crippen LogP) is 1.42. The standard InChI is InChI=1S/C14H19FN2O3/c15-11-3-1-4-12(9-11)20-8-7-16-13(18)17-10-14(19)5-2-6-14/h1,3-4,9,19H,2,5-8,10H2,(H2,16,17,18). The number of rotatable bonds is 6. The number of carbonyl (C=O) groups is 1. The van der Waals surface area contributed by atoms with Crippen molar-refractivity contribution in [2.24, 2.45) is 0 Å². The van der Waals surface area contributed by atoms with E-state index in [2.05, 4.69) is 10.6 Å². The van der Waals surface area contributed by atoms with Crippen LogP contribution in [0.2, 0.25) is 0 Å². The maximum absolute atomic E-state index is 12.9. The van der Waals surface area contributed by atoms with Gasteiger partial charge in [-0.05, 0) is 31.4 Å². The molecule has 0 atom stereocenters. The second-order valence-electron chi connectivity index (χ2n) is 4.99. The van der Waals surface area contributed by atoms with Crippen molar-refractivity contribution < 1.29 is 19.0 Å². The SMILES string of the molecule is O=C(NCCOc1cccc(F)c1)NCC1(O)CCC1. The topological polar surface area (TPSA) is 70.6 Å². The zero-order valence-corrected chi connectivity index (χ0v) is 11.2. The number of halogens is 1. The third-order valence-electron chi connectivity index (χ3n) is 3.31. The molecule has 2 rings (SSSR count). The van der Waals surface area contributed by atoms with Crippen LogP contribution in [-0.4, -0.2) is 36.4 Å². The second kappa shape index (κ2) is 6.56. The Bertz CT molecular complexity index is 463. The summed E-state index contributed by atoms with van der Waals surface area (Å²) >= 11 is 0. The highest BCUT2D eigenvalue weighted by Gasteiger charge is 2.34. The molecule has 6 heteroatoms. The van der Waals surface area contributed by atoms with E-state index in [4.69, 9.17) is 4.74 Å². The van der Waals surface area contributed by atoms with Gasteiger partial charge in [0.2, 0.25) is 0 Å². The molecule has 1 aromatic rings. The summed E-state index contributed by atoms with van der Waals surface area (Å²) < 4.78 is 18.2. The van der Waals surface area contributed by atoms with Gasteiger partial charge in [0.05, 0.1) is 12.1 Å². The summed E-state index contributed by atoms with van der Waals surface area (Å²) in [5, 5.41) is 15.0. The Morgan fingerprint density at radius 2 is 2.20 bits per heavy atom. The van der Waals surface area contributed by atoms with E-state index in [1.54, 1.807) is 12.1 Å². The van der Waals surface area contributed by atoms with Crippen LogP contribution in [0.15, 0.2) is 24.3 Å². The van der Waals surface area contributed by atoms with E-state index in [0.29, 0.717) is 12.3 Å². The largest absolute Gasteiger partial charge is 0.492 e. The maximum atomic E-state index is 12.9. The quantitative estimate of drug-likeness (QED) is 0.691. The van der Waals surface area contributed by atoms with Crippen LogP contribution < -0.4 is 15.4 Å². The molecule has 110 valence electrons. The number of amides is 2. The summed E-state index contributed by atoms with van der Waals surface area (Å²) in [6, 6.07) is 5.49. The molecule has 0 unspecified atom stereocenters. The lowest BCUT2D eigenvalue weighted by Crippen LogP contribution is -2.50. The molecule has 1 saturated carbocycles. The Morgan fingerprint density at radius 1 is 1.40 bits per heavy atom. The molecule has 0 bridgehead atoms. The Labute approximate surface area is 117 Å². The van der Waals surface area contributed by atoms with Crippen molar-refractivity contribution in [2.45, 2.75) is 24.9 Å². The van der Waals surface area contributed by atoms with E-state index in [1.165, 1.54) is 12.1 Å². The molecule has 0 aromatic heterocycles. The van der Waals surface area contributed by atoms with Gasteiger partial charge in [-0.2, -0.15) is 0 Å². The number of ether oxygens (including phenoxy) is 1. The van der Waals surface area contributed by atoms with Crippen molar-refractivity contribution in [2.75, 3.05) is 19.7 Å². The number of hydrogen-bond donors (Lipinski definition) is 3. The third-order valence-corrected chi connectivity index (χ3v) is 3.31. The normalized spacial score (nSPS) is 16.1. The van der Waals surface area contributed by atoms with Crippen molar-refractivity contribution in [1.82, 2.24) is 10.6 Å². The van der Waals surface area contributed by atoms with Gasteiger partial charge in [0.1, 0.15) is 18.2 Å². The fraction of sp³-hybridized carbons (Fsp3) is 0.500. The van der Waals surface area contributed by atoms with Crippen LogP contribution in [0.25, 0.3) is 0 Å². The average molecular weight is 282 g/mol. The van der Waals surface area contributed by atoms with E-state index in [0.717, 1.165) is 19.3 Å². The van der Waals surface area contributed by atoms with Crippen LogP contribution in [0.5, 0.6) is 5.75 Å². The number of aliphatic hydroxyl groups is 1. The Hall–Kier alpha value is -1.82. The minimum atomic E-state index is -0.727. The monoisotopic (exact) mass is 282 g/mol. The number of hydrogen-bond acceptors (Lipinski definition) is 3. The Balaban J connectivity index is 1.57. The Kier molecular flexibility index (Phi) is 4.79. The van der Waals surface area contributed by atoms with Crippen molar-refractivity contribution in [1.29, 1.82) is 0 Å². The van der Waals surface area contributed by atoms with Crippen molar-refractivity contribution in [3.63, 3.8) is 0 Å². The molecular formula is C14H19FN2O3. The molecule has 0 aliphatic heterocycles. The van der Waals surface area contributed by atoms with Gasteiger partial charge in [0, 0.05) is 12.6 Å². The molecule has 3 N–H and O–H groups in total. The number of nitrogens with one attached hydrogen (secondary N) is 2. The summed E-state index contributed by atoms with van der Waals surface area (Å²) in [6.45, 7) is 0.825. The molecule has 0 radical (unpaired) electrons. The van der Waals surface area contributed by atoms with Crippen LogP contribution in [0.4, 0.5) is 9.18 Å². The predicted molar refractivity (Wildman–Crippen MR) is 72.1 cm³/mol. The van der Waals surface area contributed by atoms with Gasteiger partial charge < -0.3 is 20.5 Å². The lowest BCUT2D eigenvalue weighted by Gasteiger charge is -2.36. The van der Waals surface area contributed by atoms with Gasteiger partial charge in [-0.15, -0.1) is 0 Å². The zero-order chi connectivity index (χ0) is 14.4. The molecule has 20 heavy (non-hydrogen) atoms. The van der Waals surface area contributed by atoms with E-state index < -0.39 is 5.60 Å². The second-order valence-corrected chi connectivity index (χ2v) is 4.99. The first-order chi connectivity index (χ1) is 9.57. The lowest BCUT2D eigenvalue weighted by molar-refractivity contribution is -0.0290. The number of carbonyl (C=O) groups excluding carboxylic acids is 1. The van der Waals surface area contributed by atoms with Crippen molar-refractivity contribution in [3.05, 3.63) is 30.1 Å². The molecule has 1 aliphatic rings. The van der Waals surface area contributed by atoms with E-state index in [9.17, 15) is 14.3 Å². The van der Waals surface area contributed by atoms with Gasteiger partial charge in [0.25, 0.3) is 0 Å². The minimum Gasteiger partial charge on any atom is -0.492 e. The maximum Gasteiger partial charge on any atom is 0.315 e. The van der Waals surface area contributed by atoms with Gasteiger partial charge in [0.15, 0.2) is 0 Å². The van der Waals surface area contributed by atoms with Gasteiger partial charge in [-0.1, -0.05) is 6.07 Å². The van der Waals surface area contributed by atoms with Crippen LogP contribution >= 0.6 is 0 Å². The first-order valence-electron chi connectivity index (χ1n) is 6.70. The van der Waals surface area contributed by atoms with Gasteiger partial charge in [-0.3, -0.25) is 0 Å². The first kappa shape index (κ1) is 14.6. The average Bonchev–Trinajstić information content (AvgIpc) is 2.39. The summed E-state index contributed by atoms with van der Waals surface area (Å²) in [5.74, 6) is 0.0675. The van der Waals surface area contributed by atoms with E-state index in [-0.39, 0.29) is 25.0 Å². The Morgan fingerprint density at radius 3 is 2.85 bits per heavy atom. The number of urea groups is 1. The molecule has 0 saturated heterocycles. The minimum absolute atomic E-state index is 0.251. The lowest BCUT2D eigenvalue weighted by atomic mass is 9.80.